The molecule has 2 aromatic rings. The van der Waals surface area contributed by atoms with Crippen molar-refractivity contribution in [3.8, 4) is 5.88 Å². The van der Waals surface area contributed by atoms with Gasteiger partial charge in [-0.15, -0.1) is 0 Å². The van der Waals surface area contributed by atoms with Crippen LogP contribution in [0.25, 0.3) is 11.0 Å². The summed E-state index contributed by atoms with van der Waals surface area (Å²) >= 11 is 5.70. The number of fused-ring (bicyclic) bond motifs is 1. The number of ether oxygens (including phenoxy) is 1. The highest BCUT2D eigenvalue weighted by Gasteiger charge is 2.04. The molecule has 0 radical (unpaired) electrons. The Balaban J connectivity index is 2.77. The topological polar surface area (TPSA) is 47.9 Å². The molecule has 5 heteroatoms. The number of pyridine rings is 1. The Hall–Kier alpha value is -1.42. The lowest BCUT2D eigenvalue weighted by Crippen LogP contribution is -1.92. The molecule has 13 heavy (non-hydrogen) atoms. The zero-order valence-electron chi connectivity index (χ0n) is 6.86. The van der Waals surface area contributed by atoms with Crippen LogP contribution in [-0.4, -0.2) is 22.1 Å². The van der Waals surface area contributed by atoms with Gasteiger partial charge in [-0.2, -0.15) is 0 Å². The first-order chi connectivity index (χ1) is 6.31. The summed E-state index contributed by atoms with van der Waals surface area (Å²) in [5.74, 6) is 0.508. The van der Waals surface area contributed by atoms with E-state index in [0.29, 0.717) is 16.7 Å². The monoisotopic (exact) mass is 195 g/mol. The summed E-state index contributed by atoms with van der Waals surface area (Å²) in [7, 11) is 1.55. The Bertz CT molecular complexity index is 446. The third-order valence-electron chi connectivity index (χ3n) is 1.62. The second-order valence-corrected chi connectivity index (χ2v) is 2.78. The molecule has 0 bridgehead atoms. The molecule has 0 saturated heterocycles. The minimum Gasteiger partial charge on any atom is -0.480 e. The smallest absolute Gasteiger partial charge is 0.225 e. The first-order valence-corrected chi connectivity index (χ1v) is 4.00. The van der Waals surface area contributed by atoms with Crippen molar-refractivity contribution in [3.05, 3.63) is 23.6 Å². The number of aromatic nitrogens is 3. The summed E-state index contributed by atoms with van der Waals surface area (Å²) < 4.78 is 5.03. The molecule has 2 heterocycles. The van der Waals surface area contributed by atoms with Gasteiger partial charge >= 0.3 is 0 Å². The van der Waals surface area contributed by atoms with Gasteiger partial charge in [0.15, 0.2) is 5.65 Å². The summed E-state index contributed by atoms with van der Waals surface area (Å²) in [5.41, 5.74) is 0.541. The van der Waals surface area contributed by atoms with E-state index in [4.69, 9.17) is 16.3 Å². The van der Waals surface area contributed by atoms with Crippen molar-refractivity contribution < 1.29 is 4.74 Å². The van der Waals surface area contributed by atoms with E-state index >= 15 is 0 Å². The van der Waals surface area contributed by atoms with E-state index in [1.54, 1.807) is 19.2 Å². The Morgan fingerprint density at radius 3 is 2.92 bits per heavy atom. The zero-order valence-corrected chi connectivity index (χ0v) is 7.62. The van der Waals surface area contributed by atoms with Crippen LogP contribution in [0.3, 0.4) is 0 Å². The molecule has 0 aromatic carbocycles. The first-order valence-electron chi connectivity index (χ1n) is 3.62. The van der Waals surface area contributed by atoms with Crippen molar-refractivity contribution in [3.63, 3.8) is 0 Å². The summed E-state index contributed by atoms with van der Waals surface area (Å²) in [5, 5.41) is 1.17. The van der Waals surface area contributed by atoms with Gasteiger partial charge in [-0.05, 0) is 12.1 Å². The molecule has 2 rings (SSSR count). The lowest BCUT2D eigenvalue weighted by Gasteiger charge is -2.01. The molecule has 0 atom stereocenters. The van der Waals surface area contributed by atoms with Gasteiger partial charge in [0.05, 0.1) is 12.5 Å². The fourth-order valence-corrected chi connectivity index (χ4v) is 1.20. The molecule has 0 aliphatic carbocycles. The maximum absolute atomic E-state index is 5.70. The van der Waals surface area contributed by atoms with Crippen LogP contribution in [0.1, 0.15) is 0 Å². The van der Waals surface area contributed by atoms with Crippen LogP contribution in [0.2, 0.25) is 5.15 Å². The molecule has 0 aliphatic heterocycles. The van der Waals surface area contributed by atoms with Crippen LogP contribution in [0.4, 0.5) is 0 Å². The molecule has 2 aromatic heterocycles. The van der Waals surface area contributed by atoms with E-state index in [0.717, 1.165) is 5.39 Å². The molecular formula is C8H6ClN3O. The van der Waals surface area contributed by atoms with Crippen LogP contribution in [0, 0.1) is 0 Å². The zero-order chi connectivity index (χ0) is 9.26. The molecule has 66 valence electrons. The van der Waals surface area contributed by atoms with Gasteiger partial charge in [0.1, 0.15) is 11.5 Å². The SMILES string of the molecule is COc1ncnc2nc(Cl)ccc12. The molecule has 0 unspecified atom stereocenters. The van der Waals surface area contributed by atoms with Gasteiger partial charge < -0.3 is 4.74 Å². The summed E-state index contributed by atoms with van der Waals surface area (Å²) in [4.78, 5) is 11.9. The fraction of sp³-hybridized carbons (Fsp3) is 0.125. The van der Waals surface area contributed by atoms with Crippen molar-refractivity contribution in [1.29, 1.82) is 0 Å². The second-order valence-electron chi connectivity index (χ2n) is 2.39. The minimum atomic E-state index is 0.410. The number of methoxy groups -OCH3 is 1. The predicted octanol–water partition coefficient (Wildman–Crippen LogP) is 1.69. The molecular weight excluding hydrogens is 190 g/mol. The standard InChI is InChI=1S/C8H6ClN3O/c1-13-8-5-2-3-6(9)12-7(5)10-4-11-8/h2-4H,1H3. The molecule has 0 fully saturated rings. The van der Waals surface area contributed by atoms with Crippen LogP contribution >= 0.6 is 11.6 Å². The van der Waals surface area contributed by atoms with Crippen LogP contribution in [0.5, 0.6) is 5.88 Å². The number of nitrogens with zero attached hydrogens (tertiary/aromatic N) is 3. The van der Waals surface area contributed by atoms with Crippen LogP contribution in [0.15, 0.2) is 18.5 Å². The average molecular weight is 196 g/mol. The minimum absolute atomic E-state index is 0.410. The third kappa shape index (κ3) is 1.40. The highest BCUT2D eigenvalue weighted by Crippen LogP contribution is 2.20. The van der Waals surface area contributed by atoms with Crippen LogP contribution in [-0.2, 0) is 0 Å². The number of rotatable bonds is 1. The maximum atomic E-state index is 5.70. The van der Waals surface area contributed by atoms with E-state index in [9.17, 15) is 0 Å². The van der Waals surface area contributed by atoms with Gasteiger partial charge in [-0.3, -0.25) is 0 Å². The number of hydrogen-bond acceptors (Lipinski definition) is 4. The Morgan fingerprint density at radius 1 is 1.31 bits per heavy atom. The highest BCUT2D eigenvalue weighted by atomic mass is 35.5. The van der Waals surface area contributed by atoms with E-state index in [1.165, 1.54) is 6.33 Å². The second kappa shape index (κ2) is 3.14. The van der Waals surface area contributed by atoms with E-state index < -0.39 is 0 Å². The molecule has 0 amide bonds. The number of hydrogen-bond donors (Lipinski definition) is 0. The van der Waals surface area contributed by atoms with E-state index in [2.05, 4.69) is 15.0 Å². The van der Waals surface area contributed by atoms with Gasteiger partial charge in [-0.1, -0.05) is 11.6 Å². The predicted molar refractivity (Wildman–Crippen MR) is 48.9 cm³/mol. The van der Waals surface area contributed by atoms with Gasteiger partial charge in [0.2, 0.25) is 5.88 Å². The molecule has 0 saturated carbocycles. The Kier molecular flexibility index (Phi) is 1.98. The average Bonchev–Trinajstić information content (AvgIpc) is 2.16. The molecule has 0 aliphatic rings. The van der Waals surface area contributed by atoms with Crippen molar-refractivity contribution >= 4 is 22.6 Å². The lowest BCUT2D eigenvalue weighted by atomic mass is 10.3. The molecule has 0 spiro atoms. The van der Waals surface area contributed by atoms with Crippen molar-refractivity contribution in [2.45, 2.75) is 0 Å². The van der Waals surface area contributed by atoms with Gasteiger partial charge in [0.25, 0.3) is 0 Å². The summed E-state index contributed by atoms with van der Waals surface area (Å²) in [6.07, 6.45) is 1.39. The van der Waals surface area contributed by atoms with Crippen molar-refractivity contribution in [2.24, 2.45) is 0 Å². The number of halogens is 1. The molecule has 0 N–H and O–H groups in total. The van der Waals surface area contributed by atoms with Gasteiger partial charge in [0, 0.05) is 0 Å². The normalized spacial score (nSPS) is 10.3. The van der Waals surface area contributed by atoms with E-state index in [1.807, 2.05) is 0 Å². The summed E-state index contributed by atoms with van der Waals surface area (Å²) in [6, 6.07) is 3.46. The largest absolute Gasteiger partial charge is 0.480 e. The Labute approximate surface area is 79.6 Å². The summed E-state index contributed by atoms with van der Waals surface area (Å²) in [6.45, 7) is 0. The lowest BCUT2D eigenvalue weighted by molar-refractivity contribution is 0.402. The van der Waals surface area contributed by atoms with E-state index in [-0.39, 0.29) is 0 Å². The fourth-order valence-electron chi connectivity index (χ4n) is 1.06. The highest BCUT2D eigenvalue weighted by molar-refractivity contribution is 6.29. The molecule has 4 nitrogen and oxygen atoms in total. The first kappa shape index (κ1) is 8.19. The van der Waals surface area contributed by atoms with Crippen LogP contribution < -0.4 is 4.74 Å². The van der Waals surface area contributed by atoms with Crippen molar-refractivity contribution in [2.75, 3.05) is 7.11 Å². The Morgan fingerprint density at radius 2 is 2.15 bits per heavy atom. The van der Waals surface area contributed by atoms with Crippen molar-refractivity contribution in [1.82, 2.24) is 15.0 Å². The maximum Gasteiger partial charge on any atom is 0.225 e. The third-order valence-corrected chi connectivity index (χ3v) is 1.83. The quantitative estimate of drug-likeness (QED) is 0.650. The van der Waals surface area contributed by atoms with Gasteiger partial charge in [-0.25, -0.2) is 15.0 Å².